The van der Waals surface area contributed by atoms with Crippen molar-refractivity contribution in [3.8, 4) is 0 Å². The SMILES string of the molecule is Cc1cc(C)n(CC2(CNC(=O)[C@H]3CC[C@@H](O)[C@H](N)C3)CC2)n1.Cl. The van der Waals surface area contributed by atoms with Crippen molar-refractivity contribution in [2.24, 2.45) is 17.1 Å². The summed E-state index contributed by atoms with van der Waals surface area (Å²) in [5, 5.41) is 17.3. The molecule has 0 spiro atoms. The maximum atomic E-state index is 12.4. The Morgan fingerprint density at radius 2 is 2.17 bits per heavy atom. The van der Waals surface area contributed by atoms with Crippen molar-refractivity contribution in [3.63, 3.8) is 0 Å². The summed E-state index contributed by atoms with van der Waals surface area (Å²) in [6, 6.07) is 1.81. The number of nitrogens with zero attached hydrogens (tertiary/aromatic N) is 2. The lowest BCUT2D eigenvalue weighted by molar-refractivity contribution is -0.127. The third-order valence-corrected chi connectivity index (χ3v) is 5.42. The first-order valence-electron chi connectivity index (χ1n) is 8.61. The zero-order chi connectivity index (χ0) is 16.6. The molecule has 1 aromatic rings. The second kappa shape index (κ2) is 7.42. The second-order valence-electron chi connectivity index (χ2n) is 7.54. The van der Waals surface area contributed by atoms with Crippen LogP contribution in [0.2, 0.25) is 0 Å². The normalized spacial score (nSPS) is 28.1. The maximum absolute atomic E-state index is 12.4. The van der Waals surface area contributed by atoms with Crippen LogP contribution in [0.3, 0.4) is 0 Å². The minimum absolute atomic E-state index is 0. The van der Waals surface area contributed by atoms with Gasteiger partial charge in [0.05, 0.1) is 11.8 Å². The highest BCUT2D eigenvalue weighted by atomic mass is 35.5. The van der Waals surface area contributed by atoms with Crippen LogP contribution in [0.1, 0.15) is 43.5 Å². The first kappa shape index (κ1) is 19.2. The molecule has 3 rings (SSSR count). The summed E-state index contributed by atoms with van der Waals surface area (Å²) in [6.07, 6.45) is 3.74. The standard InChI is InChI=1S/C17H28N4O2.ClH/c1-11-7-12(2)21(20-11)10-17(5-6-17)9-19-16(23)13-3-4-15(22)14(18)8-13;/h7,13-15,22H,3-6,8-10,18H2,1-2H3,(H,19,23);1H/t13-,14+,15+;/m0./s1. The van der Waals surface area contributed by atoms with Crippen LogP contribution in [-0.2, 0) is 11.3 Å². The van der Waals surface area contributed by atoms with Gasteiger partial charge in [-0.25, -0.2) is 0 Å². The van der Waals surface area contributed by atoms with Crippen LogP contribution in [0.25, 0.3) is 0 Å². The maximum Gasteiger partial charge on any atom is 0.223 e. The van der Waals surface area contributed by atoms with Crippen LogP contribution in [-0.4, -0.2) is 39.5 Å². The summed E-state index contributed by atoms with van der Waals surface area (Å²) in [5.74, 6) is 0.0323. The molecular formula is C17H29ClN4O2. The monoisotopic (exact) mass is 356 g/mol. The number of nitrogens with two attached hydrogens (primary N) is 1. The molecule has 2 aliphatic rings. The van der Waals surface area contributed by atoms with Crippen molar-refractivity contribution in [3.05, 3.63) is 17.5 Å². The number of carbonyl (C=O) groups excluding carboxylic acids is 1. The molecule has 136 valence electrons. The molecule has 1 aromatic heterocycles. The molecule has 4 N–H and O–H groups in total. The number of nitrogens with one attached hydrogen (secondary N) is 1. The predicted molar refractivity (Wildman–Crippen MR) is 94.9 cm³/mol. The van der Waals surface area contributed by atoms with Crippen LogP contribution in [0.5, 0.6) is 0 Å². The molecule has 0 aromatic carbocycles. The Morgan fingerprint density at radius 3 is 2.71 bits per heavy atom. The van der Waals surface area contributed by atoms with Gasteiger partial charge >= 0.3 is 0 Å². The molecule has 2 aliphatic carbocycles. The highest BCUT2D eigenvalue weighted by Crippen LogP contribution is 2.46. The predicted octanol–water partition coefficient (Wildman–Crippen LogP) is 1.31. The third kappa shape index (κ3) is 4.29. The van der Waals surface area contributed by atoms with E-state index in [4.69, 9.17) is 5.73 Å². The first-order valence-corrected chi connectivity index (χ1v) is 8.61. The van der Waals surface area contributed by atoms with Gasteiger partial charge in [-0.1, -0.05) is 0 Å². The van der Waals surface area contributed by atoms with E-state index in [0.29, 0.717) is 19.4 Å². The topological polar surface area (TPSA) is 93.2 Å². The highest BCUT2D eigenvalue weighted by Gasteiger charge is 2.44. The smallest absolute Gasteiger partial charge is 0.223 e. The van der Waals surface area contributed by atoms with Gasteiger partial charge < -0.3 is 16.2 Å². The number of aryl methyl sites for hydroxylation is 2. The number of halogens is 1. The number of carbonyl (C=O) groups is 1. The highest BCUT2D eigenvalue weighted by molar-refractivity contribution is 5.85. The minimum atomic E-state index is -0.458. The molecule has 0 saturated heterocycles. The number of hydrogen-bond acceptors (Lipinski definition) is 4. The van der Waals surface area contributed by atoms with E-state index < -0.39 is 6.10 Å². The number of rotatable bonds is 5. The third-order valence-electron chi connectivity index (χ3n) is 5.42. The Hall–Kier alpha value is -1.11. The van der Waals surface area contributed by atoms with Crippen LogP contribution >= 0.6 is 12.4 Å². The van der Waals surface area contributed by atoms with Crippen molar-refractivity contribution >= 4 is 18.3 Å². The minimum Gasteiger partial charge on any atom is -0.392 e. The van der Waals surface area contributed by atoms with Crippen molar-refractivity contribution in [1.29, 1.82) is 0 Å². The van der Waals surface area contributed by atoms with Gasteiger partial charge in [-0.3, -0.25) is 9.48 Å². The molecule has 2 fully saturated rings. The average Bonchev–Trinajstić information content (AvgIpc) is 3.19. The zero-order valence-corrected chi connectivity index (χ0v) is 15.3. The Bertz CT molecular complexity index is 585. The Labute approximate surface area is 149 Å². The lowest BCUT2D eigenvalue weighted by Gasteiger charge is -2.30. The fourth-order valence-corrected chi connectivity index (χ4v) is 3.57. The number of aromatic nitrogens is 2. The van der Waals surface area contributed by atoms with E-state index in [1.54, 1.807) is 0 Å². The fraction of sp³-hybridized carbons (Fsp3) is 0.765. The fourth-order valence-electron chi connectivity index (χ4n) is 3.57. The number of hydrogen-bond donors (Lipinski definition) is 3. The van der Waals surface area contributed by atoms with Crippen LogP contribution < -0.4 is 11.1 Å². The summed E-state index contributed by atoms with van der Waals surface area (Å²) < 4.78 is 2.06. The summed E-state index contributed by atoms with van der Waals surface area (Å²) in [4.78, 5) is 12.4. The number of aliphatic hydroxyl groups is 1. The van der Waals surface area contributed by atoms with E-state index >= 15 is 0 Å². The lowest BCUT2D eigenvalue weighted by atomic mass is 9.83. The van der Waals surface area contributed by atoms with Crippen molar-refractivity contribution in [2.75, 3.05) is 6.54 Å². The van der Waals surface area contributed by atoms with Gasteiger partial charge in [0.2, 0.25) is 5.91 Å². The molecule has 2 saturated carbocycles. The molecule has 7 heteroatoms. The van der Waals surface area contributed by atoms with E-state index in [9.17, 15) is 9.90 Å². The molecule has 0 radical (unpaired) electrons. The molecule has 24 heavy (non-hydrogen) atoms. The van der Waals surface area contributed by atoms with E-state index in [1.807, 2.05) is 6.92 Å². The molecule has 0 unspecified atom stereocenters. The molecule has 1 amide bonds. The molecule has 0 bridgehead atoms. The van der Waals surface area contributed by atoms with Crippen LogP contribution in [0.4, 0.5) is 0 Å². The molecular weight excluding hydrogens is 328 g/mol. The van der Waals surface area contributed by atoms with E-state index in [2.05, 4.69) is 28.1 Å². The quantitative estimate of drug-likeness (QED) is 0.741. The van der Waals surface area contributed by atoms with Gasteiger partial charge in [-0.2, -0.15) is 5.10 Å². The molecule has 1 heterocycles. The van der Waals surface area contributed by atoms with Crippen LogP contribution in [0, 0.1) is 25.2 Å². The Kier molecular flexibility index (Phi) is 5.94. The Morgan fingerprint density at radius 1 is 1.46 bits per heavy atom. The van der Waals surface area contributed by atoms with E-state index in [1.165, 1.54) is 5.69 Å². The van der Waals surface area contributed by atoms with E-state index in [-0.39, 0.29) is 35.7 Å². The number of aliphatic hydroxyl groups excluding tert-OH is 1. The summed E-state index contributed by atoms with van der Waals surface area (Å²) >= 11 is 0. The van der Waals surface area contributed by atoms with Gasteiger partial charge in [0, 0.05) is 36.2 Å². The largest absolute Gasteiger partial charge is 0.392 e. The Balaban J connectivity index is 0.00000208. The van der Waals surface area contributed by atoms with E-state index in [0.717, 1.165) is 31.5 Å². The number of amides is 1. The summed E-state index contributed by atoms with van der Waals surface area (Å²) in [5.41, 5.74) is 8.25. The first-order chi connectivity index (χ1) is 10.9. The molecule has 0 aliphatic heterocycles. The van der Waals surface area contributed by atoms with Gasteiger partial charge in [-0.05, 0) is 52.0 Å². The van der Waals surface area contributed by atoms with Gasteiger partial charge in [0.1, 0.15) is 0 Å². The van der Waals surface area contributed by atoms with Gasteiger partial charge in [-0.15, -0.1) is 12.4 Å². The summed E-state index contributed by atoms with van der Waals surface area (Å²) in [7, 11) is 0. The van der Waals surface area contributed by atoms with Crippen LogP contribution in [0.15, 0.2) is 6.07 Å². The average molecular weight is 357 g/mol. The van der Waals surface area contributed by atoms with Crippen molar-refractivity contribution in [2.45, 2.75) is 64.6 Å². The van der Waals surface area contributed by atoms with Gasteiger partial charge in [0.25, 0.3) is 0 Å². The van der Waals surface area contributed by atoms with Crippen molar-refractivity contribution in [1.82, 2.24) is 15.1 Å². The van der Waals surface area contributed by atoms with Crippen molar-refractivity contribution < 1.29 is 9.90 Å². The second-order valence-corrected chi connectivity index (χ2v) is 7.54. The zero-order valence-electron chi connectivity index (χ0n) is 14.5. The molecule has 6 nitrogen and oxygen atoms in total. The lowest BCUT2D eigenvalue weighted by Crippen LogP contribution is -2.45. The summed E-state index contributed by atoms with van der Waals surface area (Å²) in [6.45, 7) is 5.66. The molecule has 3 atom stereocenters. The van der Waals surface area contributed by atoms with Gasteiger partial charge in [0.15, 0.2) is 0 Å².